The number of carbonyl (C=O) groups is 2. The van der Waals surface area contributed by atoms with E-state index in [0.29, 0.717) is 24.5 Å². The third-order valence-electron chi connectivity index (χ3n) is 3.87. The molecule has 1 aromatic rings. The number of rotatable bonds is 5. The average Bonchev–Trinajstić information content (AvgIpc) is 2.54. The molecule has 2 rings (SSSR count). The fourth-order valence-corrected chi connectivity index (χ4v) is 2.80. The molecular weight excluding hydrogens is 323 g/mol. The fraction of sp³-hybridized carbons (Fsp3) is 0.500. The van der Waals surface area contributed by atoms with E-state index >= 15 is 0 Å². The summed E-state index contributed by atoms with van der Waals surface area (Å²) in [5.41, 5.74) is 1.11. The molecule has 4 nitrogen and oxygen atoms in total. The van der Waals surface area contributed by atoms with Crippen LogP contribution in [-0.4, -0.2) is 41.7 Å². The van der Waals surface area contributed by atoms with Crippen LogP contribution in [0, 0.1) is 0 Å². The third kappa shape index (κ3) is 5.18. The van der Waals surface area contributed by atoms with Crippen molar-refractivity contribution in [1.82, 2.24) is 10.2 Å². The first kappa shape index (κ1) is 17.1. The highest BCUT2D eigenvalue weighted by molar-refractivity contribution is 6.30. The Hall–Kier alpha value is -1.26. The lowest BCUT2D eigenvalue weighted by Gasteiger charge is -2.32. The van der Waals surface area contributed by atoms with Crippen molar-refractivity contribution in [3.8, 4) is 0 Å². The van der Waals surface area contributed by atoms with Crippen molar-refractivity contribution in [1.29, 1.82) is 0 Å². The van der Waals surface area contributed by atoms with Crippen molar-refractivity contribution in [2.75, 3.05) is 19.0 Å². The Morgan fingerprint density at radius 3 is 2.41 bits per heavy atom. The highest BCUT2D eigenvalue weighted by Gasteiger charge is 2.23. The summed E-state index contributed by atoms with van der Waals surface area (Å²) in [5.74, 6) is 0.00602. The van der Waals surface area contributed by atoms with Crippen molar-refractivity contribution < 1.29 is 9.59 Å². The van der Waals surface area contributed by atoms with Gasteiger partial charge in [-0.05, 0) is 37.0 Å². The molecule has 6 heteroatoms. The second-order valence-corrected chi connectivity index (χ2v) is 6.19. The van der Waals surface area contributed by atoms with E-state index in [1.165, 1.54) is 0 Å². The summed E-state index contributed by atoms with van der Waals surface area (Å²) in [6, 6.07) is 7.71. The SMILES string of the molecule is O=C(CCl)NC1CCN(C(=O)CCc2ccc(Cl)cc2)CC1. The van der Waals surface area contributed by atoms with Gasteiger partial charge in [0, 0.05) is 30.6 Å². The molecule has 1 aliphatic rings. The fourth-order valence-electron chi connectivity index (χ4n) is 2.60. The van der Waals surface area contributed by atoms with Crippen LogP contribution in [0.5, 0.6) is 0 Å². The Morgan fingerprint density at radius 2 is 1.82 bits per heavy atom. The summed E-state index contributed by atoms with van der Waals surface area (Å²) in [4.78, 5) is 25.3. The standard InChI is InChI=1S/C16H20Cl2N2O2/c17-11-15(21)19-14-7-9-20(10-8-14)16(22)6-3-12-1-4-13(18)5-2-12/h1-2,4-5,14H,3,6-11H2,(H,19,21). The molecule has 1 fully saturated rings. The summed E-state index contributed by atoms with van der Waals surface area (Å²) in [5, 5.41) is 3.57. The maximum absolute atomic E-state index is 12.2. The van der Waals surface area contributed by atoms with Crippen LogP contribution in [0.3, 0.4) is 0 Å². The quantitative estimate of drug-likeness (QED) is 0.836. The molecule has 1 aliphatic heterocycles. The lowest BCUT2D eigenvalue weighted by molar-refractivity contribution is -0.132. The number of halogens is 2. The molecule has 0 saturated carbocycles. The minimum Gasteiger partial charge on any atom is -0.352 e. The molecule has 22 heavy (non-hydrogen) atoms. The molecule has 120 valence electrons. The number of alkyl halides is 1. The Balaban J connectivity index is 1.73. The molecule has 0 aromatic heterocycles. The van der Waals surface area contributed by atoms with E-state index in [2.05, 4.69) is 5.32 Å². The number of carbonyl (C=O) groups excluding carboxylic acids is 2. The predicted molar refractivity (Wildman–Crippen MR) is 88.2 cm³/mol. The van der Waals surface area contributed by atoms with E-state index in [1.807, 2.05) is 29.2 Å². The van der Waals surface area contributed by atoms with E-state index in [4.69, 9.17) is 23.2 Å². The van der Waals surface area contributed by atoms with Gasteiger partial charge >= 0.3 is 0 Å². The Bertz CT molecular complexity index is 511. The second kappa shape index (κ2) is 8.39. The molecule has 1 heterocycles. The molecule has 1 saturated heterocycles. The van der Waals surface area contributed by atoms with Gasteiger partial charge in [-0.25, -0.2) is 0 Å². The minimum absolute atomic E-state index is 0.0137. The molecule has 0 bridgehead atoms. The van der Waals surface area contributed by atoms with Gasteiger partial charge in [0.15, 0.2) is 0 Å². The largest absolute Gasteiger partial charge is 0.352 e. The number of hydrogen-bond donors (Lipinski definition) is 1. The van der Waals surface area contributed by atoms with E-state index in [1.54, 1.807) is 0 Å². The maximum atomic E-state index is 12.2. The molecule has 0 unspecified atom stereocenters. The minimum atomic E-state index is -0.144. The molecule has 2 amide bonds. The Morgan fingerprint density at radius 1 is 1.18 bits per heavy atom. The number of amides is 2. The third-order valence-corrected chi connectivity index (χ3v) is 4.37. The van der Waals surface area contributed by atoms with Gasteiger partial charge in [0.1, 0.15) is 5.88 Å². The van der Waals surface area contributed by atoms with Crippen molar-refractivity contribution >= 4 is 35.0 Å². The molecule has 0 aliphatic carbocycles. The van der Waals surface area contributed by atoms with Gasteiger partial charge in [-0.3, -0.25) is 9.59 Å². The van der Waals surface area contributed by atoms with Gasteiger partial charge in [0.2, 0.25) is 11.8 Å². The number of benzene rings is 1. The summed E-state index contributed by atoms with van der Waals surface area (Å²) in [7, 11) is 0. The Kier molecular flexibility index (Phi) is 6.52. The molecule has 1 aromatic carbocycles. The van der Waals surface area contributed by atoms with Crippen LogP contribution in [0.15, 0.2) is 24.3 Å². The normalized spacial score (nSPS) is 15.6. The number of likely N-dealkylation sites (tertiary alicyclic amines) is 1. The molecular formula is C16H20Cl2N2O2. The maximum Gasteiger partial charge on any atom is 0.235 e. The average molecular weight is 343 g/mol. The number of nitrogens with one attached hydrogen (secondary N) is 1. The highest BCUT2D eigenvalue weighted by atomic mass is 35.5. The molecule has 0 atom stereocenters. The van der Waals surface area contributed by atoms with Crippen LogP contribution in [0.2, 0.25) is 5.02 Å². The van der Waals surface area contributed by atoms with E-state index in [-0.39, 0.29) is 23.7 Å². The van der Waals surface area contributed by atoms with Gasteiger partial charge in [-0.1, -0.05) is 23.7 Å². The lowest BCUT2D eigenvalue weighted by Crippen LogP contribution is -2.46. The second-order valence-electron chi connectivity index (χ2n) is 5.48. The number of hydrogen-bond acceptors (Lipinski definition) is 2. The zero-order chi connectivity index (χ0) is 15.9. The van der Waals surface area contributed by atoms with Gasteiger partial charge < -0.3 is 10.2 Å². The van der Waals surface area contributed by atoms with Crippen molar-refractivity contribution in [3.63, 3.8) is 0 Å². The summed E-state index contributed by atoms with van der Waals surface area (Å²) < 4.78 is 0. The first-order chi connectivity index (χ1) is 10.6. The topological polar surface area (TPSA) is 49.4 Å². The zero-order valence-corrected chi connectivity index (χ0v) is 13.9. The zero-order valence-electron chi connectivity index (χ0n) is 12.4. The van der Waals surface area contributed by atoms with Crippen LogP contribution in [-0.2, 0) is 16.0 Å². The van der Waals surface area contributed by atoms with E-state index in [9.17, 15) is 9.59 Å². The van der Waals surface area contributed by atoms with E-state index < -0.39 is 0 Å². The lowest BCUT2D eigenvalue weighted by atomic mass is 10.0. The summed E-state index contributed by atoms with van der Waals surface area (Å²) in [6.07, 6.45) is 2.80. The summed E-state index contributed by atoms with van der Waals surface area (Å²) >= 11 is 11.3. The first-order valence-electron chi connectivity index (χ1n) is 7.46. The molecule has 1 N–H and O–H groups in total. The number of aryl methyl sites for hydroxylation is 1. The predicted octanol–water partition coefficient (Wildman–Crippen LogP) is 2.62. The summed E-state index contributed by atoms with van der Waals surface area (Å²) in [6.45, 7) is 1.37. The molecule has 0 radical (unpaired) electrons. The van der Waals surface area contributed by atoms with Crippen molar-refractivity contribution in [2.45, 2.75) is 31.7 Å². The first-order valence-corrected chi connectivity index (χ1v) is 8.37. The number of piperidine rings is 1. The van der Waals surface area contributed by atoms with E-state index in [0.717, 1.165) is 24.8 Å². The van der Waals surface area contributed by atoms with Crippen LogP contribution in [0.4, 0.5) is 0 Å². The monoisotopic (exact) mass is 342 g/mol. The van der Waals surface area contributed by atoms with Gasteiger partial charge in [0.25, 0.3) is 0 Å². The van der Waals surface area contributed by atoms with Crippen LogP contribution < -0.4 is 5.32 Å². The van der Waals surface area contributed by atoms with Crippen molar-refractivity contribution in [2.24, 2.45) is 0 Å². The van der Waals surface area contributed by atoms with Crippen molar-refractivity contribution in [3.05, 3.63) is 34.9 Å². The van der Waals surface area contributed by atoms with Gasteiger partial charge in [0.05, 0.1) is 0 Å². The highest BCUT2D eigenvalue weighted by Crippen LogP contribution is 2.14. The molecule has 0 spiro atoms. The van der Waals surface area contributed by atoms with Crippen LogP contribution in [0.1, 0.15) is 24.8 Å². The Labute approximate surface area is 140 Å². The smallest absolute Gasteiger partial charge is 0.235 e. The van der Waals surface area contributed by atoms with Gasteiger partial charge in [-0.15, -0.1) is 11.6 Å². The van der Waals surface area contributed by atoms with Crippen LogP contribution in [0.25, 0.3) is 0 Å². The number of nitrogens with zero attached hydrogens (tertiary/aromatic N) is 1. The van der Waals surface area contributed by atoms with Gasteiger partial charge in [-0.2, -0.15) is 0 Å². The van der Waals surface area contributed by atoms with Crippen LogP contribution >= 0.6 is 23.2 Å².